The first-order chi connectivity index (χ1) is 9.57. The molecule has 1 unspecified atom stereocenters. The Morgan fingerprint density at radius 3 is 3.00 bits per heavy atom. The van der Waals surface area contributed by atoms with Crippen molar-refractivity contribution < 1.29 is 19.2 Å². The molecular weight excluding hydrogens is 262 g/mol. The zero-order valence-electron chi connectivity index (χ0n) is 11.5. The molecule has 0 saturated carbocycles. The van der Waals surface area contributed by atoms with Crippen LogP contribution in [0.3, 0.4) is 0 Å². The van der Waals surface area contributed by atoms with E-state index in [0.717, 1.165) is 6.42 Å². The van der Waals surface area contributed by atoms with Gasteiger partial charge in [-0.3, -0.25) is 4.79 Å². The molecule has 1 aromatic heterocycles. The monoisotopic (exact) mass is 281 g/mol. The molecule has 1 fully saturated rings. The van der Waals surface area contributed by atoms with E-state index in [-0.39, 0.29) is 19.1 Å². The lowest BCUT2D eigenvalue weighted by Gasteiger charge is -2.24. The number of nitrogens with one attached hydrogen (secondary N) is 1. The molecule has 1 aromatic rings. The number of carboxylic acids is 1. The van der Waals surface area contributed by atoms with Gasteiger partial charge in [0.1, 0.15) is 0 Å². The van der Waals surface area contributed by atoms with Crippen LogP contribution in [-0.4, -0.2) is 40.3 Å². The molecule has 2 heterocycles. The highest BCUT2D eigenvalue weighted by Gasteiger charge is 2.45. The summed E-state index contributed by atoms with van der Waals surface area (Å²) < 4.78 is 4.89. The van der Waals surface area contributed by atoms with Crippen molar-refractivity contribution in [1.29, 1.82) is 0 Å². The summed E-state index contributed by atoms with van der Waals surface area (Å²) in [5.41, 5.74) is -0.793. The van der Waals surface area contributed by atoms with Gasteiger partial charge in [-0.15, -0.1) is 0 Å². The van der Waals surface area contributed by atoms with Crippen LogP contribution in [0.25, 0.3) is 0 Å². The van der Waals surface area contributed by atoms with Gasteiger partial charge in [-0.05, 0) is 12.8 Å². The maximum absolute atomic E-state index is 12.0. The summed E-state index contributed by atoms with van der Waals surface area (Å²) in [6.07, 6.45) is 3.40. The van der Waals surface area contributed by atoms with Crippen molar-refractivity contribution in [2.45, 2.75) is 32.7 Å². The molecule has 1 aliphatic heterocycles. The third kappa shape index (κ3) is 2.92. The normalized spacial score (nSPS) is 21.9. The van der Waals surface area contributed by atoms with Gasteiger partial charge in [0.2, 0.25) is 0 Å². The van der Waals surface area contributed by atoms with E-state index in [4.69, 9.17) is 4.52 Å². The predicted octanol–water partition coefficient (Wildman–Crippen LogP) is 1.46. The van der Waals surface area contributed by atoms with Crippen LogP contribution < -0.4 is 5.32 Å². The van der Waals surface area contributed by atoms with E-state index in [0.29, 0.717) is 25.1 Å². The second-order valence-electron chi connectivity index (χ2n) is 5.14. The summed E-state index contributed by atoms with van der Waals surface area (Å²) in [6.45, 7) is 2.94. The van der Waals surface area contributed by atoms with Crippen molar-refractivity contribution >= 4 is 12.0 Å². The number of aliphatic carboxylic acids is 1. The van der Waals surface area contributed by atoms with E-state index in [1.807, 2.05) is 6.92 Å². The highest BCUT2D eigenvalue weighted by molar-refractivity contribution is 5.79. The molecule has 7 nitrogen and oxygen atoms in total. The number of hydrogen-bond donors (Lipinski definition) is 2. The molecule has 1 aliphatic rings. The molecule has 1 atom stereocenters. The van der Waals surface area contributed by atoms with Gasteiger partial charge in [0, 0.05) is 19.2 Å². The first-order valence-corrected chi connectivity index (χ1v) is 6.73. The van der Waals surface area contributed by atoms with Gasteiger partial charge in [-0.2, -0.15) is 0 Å². The van der Waals surface area contributed by atoms with E-state index in [1.54, 1.807) is 11.0 Å². The lowest BCUT2D eigenvalue weighted by Crippen LogP contribution is -2.41. The van der Waals surface area contributed by atoms with E-state index in [1.165, 1.54) is 6.20 Å². The van der Waals surface area contributed by atoms with Gasteiger partial charge < -0.3 is 19.8 Å². The molecule has 2 N–H and O–H groups in total. The molecular formula is C13H19N3O4. The number of amides is 2. The maximum Gasteiger partial charge on any atom is 0.317 e. The number of hydrogen-bond acceptors (Lipinski definition) is 4. The Kier molecular flexibility index (Phi) is 4.26. The van der Waals surface area contributed by atoms with Gasteiger partial charge >= 0.3 is 12.0 Å². The standard InChI is InChI=1S/C13H19N3O4/c1-2-4-13(11(17)18)5-7-16(9-13)12(19)14-8-10-3-6-15-20-10/h3,6H,2,4-5,7-9H2,1H3,(H,14,19)(H,17,18). The minimum atomic E-state index is -0.815. The zero-order chi connectivity index (χ0) is 14.6. The van der Waals surface area contributed by atoms with Crippen LogP contribution in [0.2, 0.25) is 0 Å². The Bertz CT molecular complexity index is 474. The fourth-order valence-electron chi connectivity index (χ4n) is 2.62. The molecule has 0 aliphatic carbocycles. The molecule has 2 amide bonds. The summed E-state index contributed by atoms with van der Waals surface area (Å²) in [5.74, 6) is -0.250. The molecule has 2 rings (SSSR count). The van der Waals surface area contributed by atoms with Crippen LogP contribution >= 0.6 is 0 Å². The number of carbonyl (C=O) groups is 2. The van der Waals surface area contributed by atoms with E-state index in [2.05, 4.69) is 10.5 Å². The minimum Gasteiger partial charge on any atom is -0.481 e. The van der Waals surface area contributed by atoms with E-state index in [9.17, 15) is 14.7 Å². The summed E-state index contributed by atoms with van der Waals surface area (Å²) in [5, 5.41) is 15.6. The average molecular weight is 281 g/mol. The van der Waals surface area contributed by atoms with Crippen LogP contribution in [0.5, 0.6) is 0 Å². The smallest absolute Gasteiger partial charge is 0.317 e. The third-order valence-corrected chi connectivity index (χ3v) is 3.73. The van der Waals surface area contributed by atoms with Crippen LogP contribution in [0.4, 0.5) is 4.79 Å². The molecule has 0 aromatic carbocycles. The van der Waals surface area contributed by atoms with Gasteiger partial charge in [-0.25, -0.2) is 4.79 Å². The highest BCUT2D eigenvalue weighted by atomic mass is 16.5. The molecule has 1 saturated heterocycles. The van der Waals surface area contributed by atoms with Gasteiger partial charge in [0.15, 0.2) is 5.76 Å². The Labute approximate surface area is 116 Å². The number of carbonyl (C=O) groups excluding carboxylic acids is 1. The highest BCUT2D eigenvalue weighted by Crippen LogP contribution is 2.35. The van der Waals surface area contributed by atoms with Gasteiger partial charge in [-0.1, -0.05) is 18.5 Å². The van der Waals surface area contributed by atoms with Crippen molar-refractivity contribution in [2.24, 2.45) is 5.41 Å². The SMILES string of the molecule is CCCC1(C(=O)O)CCN(C(=O)NCc2ccno2)C1. The molecule has 0 spiro atoms. The summed E-state index contributed by atoms with van der Waals surface area (Å²) in [7, 11) is 0. The Morgan fingerprint density at radius 1 is 1.60 bits per heavy atom. The van der Waals surface area contributed by atoms with E-state index >= 15 is 0 Å². The number of aromatic nitrogens is 1. The molecule has 0 radical (unpaired) electrons. The van der Waals surface area contributed by atoms with Crippen molar-refractivity contribution in [3.63, 3.8) is 0 Å². The quantitative estimate of drug-likeness (QED) is 0.851. The van der Waals surface area contributed by atoms with Crippen LogP contribution in [0.1, 0.15) is 31.9 Å². The topological polar surface area (TPSA) is 95.7 Å². The minimum absolute atomic E-state index is 0.253. The maximum atomic E-state index is 12.0. The summed E-state index contributed by atoms with van der Waals surface area (Å²) in [4.78, 5) is 25.0. The van der Waals surface area contributed by atoms with Crippen molar-refractivity contribution in [1.82, 2.24) is 15.4 Å². The first-order valence-electron chi connectivity index (χ1n) is 6.73. The lowest BCUT2D eigenvalue weighted by atomic mass is 9.83. The van der Waals surface area contributed by atoms with Crippen molar-refractivity contribution in [3.05, 3.63) is 18.0 Å². The van der Waals surface area contributed by atoms with Gasteiger partial charge in [0.05, 0.1) is 18.2 Å². The van der Waals surface area contributed by atoms with Crippen LogP contribution in [0.15, 0.2) is 16.8 Å². The van der Waals surface area contributed by atoms with Crippen molar-refractivity contribution in [2.75, 3.05) is 13.1 Å². The van der Waals surface area contributed by atoms with Crippen LogP contribution in [0, 0.1) is 5.41 Å². The number of carboxylic acid groups (broad SMARTS) is 1. The Morgan fingerprint density at radius 2 is 2.40 bits per heavy atom. The predicted molar refractivity (Wildman–Crippen MR) is 69.9 cm³/mol. The second-order valence-corrected chi connectivity index (χ2v) is 5.14. The van der Waals surface area contributed by atoms with Crippen LogP contribution in [-0.2, 0) is 11.3 Å². The number of urea groups is 1. The zero-order valence-corrected chi connectivity index (χ0v) is 11.5. The third-order valence-electron chi connectivity index (χ3n) is 3.73. The number of rotatable bonds is 5. The molecule has 20 heavy (non-hydrogen) atoms. The Balaban J connectivity index is 1.90. The lowest BCUT2D eigenvalue weighted by molar-refractivity contribution is -0.148. The fourth-order valence-corrected chi connectivity index (χ4v) is 2.62. The second kappa shape index (κ2) is 5.94. The number of nitrogens with zero attached hydrogens (tertiary/aromatic N) is 2. The molecule has 110 valence electrons. The van der Waals surface area contributed by atoms with Gasteiger partial charge in [0.25, 0.3) is 0 Å². The van der Waals surface area contributed by atoms with Crippen molar-refractivity contribution in [3.8, 4) is 0 Å². The summed E-state index contributed by atoms with van der Waals surface area (Å²) >= 11 is 0. The largest absolute Gasteiger partial charge is 0.481 e. The van der Waals surface area contributed by atoms with E-state index < -0.39 is 11.4 Å². The number of likely N-dealkylation sites (tertiary alicyclic amines) is 1. The molecule has 7 heteroatoms. The Hall–Kier alpha value is -2.05. The fraction of sp³-hybridized carbons (Fsp3) is 0.615. The summed E-state index contributed by atoms with van der Waals surface area (Å²) in [6, 6.07) is 1.41. The molecule has 0 bridgehead atoms. The first kappa shape index (κ1) is 14.4. The average Bonchev–Trinajstić information content (AvgIpc) is 3.06.